The number of nitrogen functional groups attached to an aromatic ring is 1. The van der Waals surface area contributed by atoms with Gasteiger partial charge in [-0.1, -0.05) is 5.92 Å². The predicted molar refractivity (Wildman–Crippen MR) is 103 cm³/mol. The summed E-state index contributed by atoms with van der Waals surface area (Å²) in [4.78, 5) is 28.7. The van der Waals surface area contributed by atoms with Crippen LogP contribution in [-0.4, -0.2) is 70.0 Å². The molecule has 5 N–H and O–H groups in total. The van der Waals surface area contributed by atoms with Gasteiger partial charge in [0.05, 0.1) is 19.2 Å². The highest BCUT2D eigenvalue weighted by Gasteiger charge is 2.47. The van der Waals surface area contributed by atoms with Gasteiger partial charge in [-0.05, 0) is 12.8 Å². The zero-order valence-electron chi connectivity index (χ0n) is 16.0. The second-order valence-electron chi connectivity index (χ2n) is 6.62. The molecule has 0 spiro atoms. The zero-order chi connectivity index (χ0) is 21.3. The van der Waals surface area contributed by atoms with Crippen molar-refractivity contribution in [1.82, 2.24) is 34.4 Å². The first-order chi connectivity index (χ1) is 14.5. The molecule has 12 nitrogen and oxygen atoms in total. The molecule has 0 aliphatic carbocycles. The van der Waals surface area contributed by atoms with Crippen molar-refractivity contribution in [2.75, 3.05) is 12.3 Å². The standard InChI is InChI=1S/C18H20N8O4/c1-2-21-17(29)14-12(27)13(28)18(30-14)26-9-22-11-15(19)23-10(24-16(11)26)4-3-6-25-7-5-20-8-25/h5,7-9,12-14,18,27-28H,2,6H2,1H3,(H,21,29)(H2,19,23,24)/t12-,13+,14-,18+/m0/s1. The number of aliphatic hydroxyl groups is 2. The van der Waals surface area contributed by atoms with E-state index < -0.39 is 30.4 Å². The molecule has 1 aliphatic rings. The van der Waals surface area contributed by atoms with Crippen LogP contribution < -0.4 is 11.1 Å². The second kappa shape index (κ2) is 8.07. The van der Waals surface area contributed by atoms with Crippen molar-refractivity contribution in [1.29, 1.82) is 0 Å². The first-order valence-electron chi connectivity index (χ1n) is 9.23. The Labute approximate surface area is 170 Å². The van der Waals surface area contributed by atoms with Crippen molar-refractivity contribution >= 4 is 22.9 Å². The summed E-state index contributed by atoms with van der Waals surface area (Å²) in [6, 6.07) is 0. The van der Waals surface area contributed by atoms with Crippen LogP contribution in [0.4, 0.5) is 5.82 Å². The summed E-state index contributed by atoms with van der Waals surface area (Å²) in [6.45, 7) is 2.50. The molecular weight excluding hydrogens is 392 g/mol. The van der Waals surface area contributed by atoms with Gasteiger partial charge in [0.1, 0.15) is 17.7 Å². The number of likely N-dealkylation sites (N-methyl/N-ethyl adjacent to an activating group) is 1. The number of aromatic nitrogens is 6. The van der Waals surface area contributed by atoms with Crippen LogP contribution in [0.25, 0.3) is 11.2 Å². The van der Waals surface area contributed by atoms with Crippen LogP contribution in [-0.2, 0) is 16.1 Å². The van der Waals surface area contributed by atoms with E-state index >= 15 is 0 Å². The van der Waals surface area contributed by atoms with Crippen molar-refractivity contribution < 1.29 is 19.7 Å². The smallest absolute Gasteiger partial charge is 0.252 e. The molecule has 0 bridgehead atoms. The number of nitrogens with zero attached hydrogens (tertiary/aromatic N) is 6. The number of aliphatic hydroxyl groups excluding tert-OH is 2. The molecule has 1 saturated heterocycles. The Morgan fingerprint density at radius 2 is 2.17 bits per heavy atom. The minimum atomic E-state index is -1.41. The van der Waals surface area contributed by atoms with Gasteiger partial charge in [-0.25, -0.2) is 19.9 Å². The van der Waals surface area contributed by atoms with Crippen LogP contribution in [0.15, 0.2) is 25.0 Å². The van der Waals surface area contributed by atoms with Crippen molar-refractivity contribution in [3.8, 4) is 11.8 Å². The number of nitrogens with one attached hydrogen (secondary N) is 1. The van der Waals surface area contributed by atoms with Crippen molar-refractivity contribution in [3.63, 3.8) is 0 Å². The maximum atomic E-state index is 12.1. The van der Waals surface area contributed by atoms with Gasteiger partial charge in [-0.2, -0.15) is 0 Å². The SMILES string of the molecule is CCNC(=O)[C@H]1O[C@@H](n2cnc3c(N)nc(C#CCn4ccnc4)nc32)[C@H](O)[C@@H]1O. The summed E-state index contributed by atoms with van der Waals surface area (Å²) in [6.07, 6.45) is 1.33. The normalized spacial score (nSPS) is 23.3. The average molecular weight is 412 g/mol. The van der Waals surface area contributed by atoms with Gasteiger partial charge in [-0.15, -0.1) is 0 Å². The van der Waals surface area contributed by atoms with Crippen LogP contribution >= 0.6 is 0 Å². The molecule has 0 aromatic carbocycles. The van der Waals surface area contributed by atoms with Crippen LogP contribution in [0.5, 0.6) is 0 Å². The Hall–Kier alpha value is -3.53. The van der Waals surface area contributed by atoms with Crippen molar-refractivity contribution in [2.45, 2.75) is 38.0 Å². The molecule has 4 rings (SSSR count). The van der Waals surface area contributed by atoms with E-state index in [1.165, 1.54) is 10.9 Å². The number of rotatable bonds is 4. The third kappa shape index (κ3) is 3.57. The molecule has 4 atom stereocenters. The van der Waals surface area contributed by atoms with Gasteiger partial charge in [0, 0.05) is 18.9 Å². The Morgan fingerprint density at radius 3 is 2.90 bits per heavy atom. The van der Waals surface area contributed by atoms with E-state index in [2.05, 4.69) is 37.1 Å². The number of anilines is 1. The van der Waals surface area contributed by atoms with E-state index in [0.717, 1.165) is 0 Å². The molecular formula is C18H20N8O4. The summed E-state index contributed by atoms with van der Waals surface area (Å²) in [5.41, 5.74) is 6.55. The molecule has 0 radical (unpaired) electrons. The first kappa shape index (κ1) is 19.8. The molecule has 12 heteroatoms. The van der Waals surface area contributed by atoms with E-state index in [1.807, 2.05) is 0 Å². The maximum Gasteiger partial charge on any atom is 0.252 e. The number of amides is 1. The zero-order valence-corrected chi connectivity index (χ0v) is 16.0. The number of carbonyl (C=O) groups is 1. The van der Waals surface area contributed by atoms with Gasteiger partial charge >= 0.3 is 0 Å². The van der Waals surface area contributed by atoms with E-state index in [9.17, 15) is 15.0 Å². The number of carbonyl (C=O) groups excluding carboxylic acids is 1. The van der Waals surface area contributed by atoms with Crippen LogP contribution in [0.1, 0.15) is 19.0 Å². The summed E-state index contributed by atoms with van der Waals surface area (Å²) in [5.74, 6) is 5.50. The second-order valence-corrected chi connectivity index (χ2v) is 6.62. The summed E-state index contributed by atoms with van der Waals surface area (Å²) in [5, 5.41) is 23.3. The van der Waals surface area contributed by atoms with E-state index in [0.29, 0.717) is 18.6 Å². The quantitative estimate of drug-likeness (QED) is 0.370. The molecule has 1 aliphatic heterocycles. The highest BCUT2D eigenvalue weighted by atomic mass is 16.6. The summed E-state index contributed by atoms with van der Waals surface area (Å²) in [7, 11) is 0. The monoisotopic (exact) mass is 412 g/mol. The number of hydrogen-bond acceptors (Lipinski definition) is 9. The fourth-order valence-electron chi connectivity index (χ4n) is 3.15. The molecule has 156 valence electrons. The third-order valence-electron chi connectivity index (χ3n) is 4.59. The van der Waals surface area contributed by atoms with E-state index in [-0.39, 0.29) is 17.3 Å². The van der Waals surface area contributed by atoms with E-state index in [4.69, 9.17) is 10.5 Å². The van der Waals surface area contributed by atoms with Crippen LogP contribution in [0.3, 0.4) is 0 Å². The molecule has 1 amide bonds. The first-order valence-corrected chi connectivity index (χ1v) is 9.23. The molecule has 3 aromatic rings. The van der Waals surface area contributed by atoms with Crippen LogP contribution in [0, 0.1) is 11.8 Å². The lowest BCUT2D eigenvalue weighted by Gasteiger charge is -2.16. The molecule has 0 saturated carbocycles. The highest BCUT2D eigenvalue weighted by Crippen LogP contribution is 2.32. The Balaban J connectivity index is 1.64. The van der Waals surface area contributed by atoms with Gasteiger partial charge < -0.3 is 30.6 Å². The highest BCUT2D eigenvalue weighted by molar-refractivity contribution is 5.83. The van der Waals surface area contributed by atoms with Crippen LogP contribution in [0.2, 0.25) is 0 Å². The third-order valence-corrected chi connectivity index (χ3v) is 4.59. The largest absolute Gasteiger partial charge is 0.387 e. The fraction of sp³-hybridized carbons (Fsp3) is 0.389. The lowest BCUT2D eigenvalue weighted by atomic mass is 10.1. The number of ether oxygens (including phenoxy) is 1. The average Bonchev–Trinajstić information content (AvgIpc) is 3.44. The van der Waals surface area contributed by atoms with Crippen molar-refractivity contribution in [3.05, 3.63) is 30.9 Å². The van der Waals surface area contributed by atoms with E-state index in [1.54, 1.807) is 30.2 Å². The van der Waals surface area contributed by atoms with Crippen molar-refractivity contribution in [2.24, 2.45) is 0 Å². The Morgan fingerprint density at radius 1 is 1.33 bits per heavy atom. The fourth-order valence-corrected chi connectivity index (χ4v) is 3.15. The topological polar surface area (TPSA) is 166 Å². The summed E-state index contributed by atoms with van der Waals surface area (Å²) < 4.78 is 8.81. The maximum absolute atomic E-state index is 12.1. The number of hydrogen-bond donors (Lipinski definition) is 4. The van der Waals surface area contributed by atoms with Gasteiger partial charge in [0.25, 0.3) is 5.91 Å². The van der Waals surface area contributed by atoms with Gasteiger partial charge in [0.2, 0.25) is 5.82 Å². The van der Waals surface area contributed by atoms with Gasteiger partial charge in [0.15, 0.2) is 23.8 Å². The molecule has 1 fully saturated rings. The molecule has 4 heterocycles. The Bertz CT molecular complexity index is 1120. The number of imidazole rings is 2. The number of fused-ring (bicyclic) bond motifs is 1. The lowest BCUT2D eigenvalue weighted by molar-refractivity contribution is -0.137. The molecule has 0 unspecified atom stereocenters. The minimum Gasteiger partial charge on any atom is -0.387 e. The molecule has 3 aromatic heterocycles. The number of nitrogens with two attached hydrogens (primary N) is 1. The lowest BCUT2D eigenvalue weighted by Crippen LogP contribution is -2.42. The molecule has 30 heavy (non-hydrogen) atoms. The predicted octanol–water partition coefficient (Wildman–Crippen LogP) is -1.59. The minimum absolute atomic E-state index is 0.110. The Kier molecular flexibility index (Phi) is 5.32. The van der Waals surface area contributed by atoms with Gasteiger partial charge in [-0.3, -0.25) is 9.36 Å². The summed E-state index contributed by atoms with van der Waals surface area (Å²) >= 11 is 0.